The molecule has 2 heterocycles. The molecule has 3 rings (SSSR count). The first-order valence-corrected chi connectivity index (χ1v) is 7.18. The minimum Gasteiger partial charge on any atom is -0.497 e. The molecule has 20 heavy (non-hydrogen) atoms. The number of rotatable bonds is 4. The standard InChI is InChI=1S/C15H15NO3S/c1-9-12(5-6-17)16-15(19-9)14-8-10-7-11(18-2)3-4-13(10)20-14/h3-4,7-8,17H,5-6H2,1-2H3. The number of ether oxygens (including phenoxy) is 1. The second-order valence-electron chi connectivity index (χ2n) is 4.51. The Balaban J connectivity index is 2.03. The third kappa shape index (κ3) is 2.30. The molecule has 2 aromatic heterocycles. The minimum atomic E-state index is 0.0798. The van der Waals surface area contributed by atoms with E-state index < -0.39 is 0 Å². The Morgan fingerprint density at radius 1 is 1.35 bits per heavy atom. The smallest absolute Gasteiger partial charge is 0.236 e. The molecule has 0 aliphatic rings. The topological polar surface area (TPSA) is 55.5 Å². The molecule has 0 fully saturated rings. The van der Waals surface area contributed by atoms with E-state index in [0.717, 1.165) is 27.5 Å². The Morgan fingerprint density at radius 3 is 2.95 bits per heavy atom. The number of hydrogen-bond donors (Lipinski definition) is 1. The van der Waals surface area contributed by atoms with Gasteiger partial charge in [0.1, 0.15) is 11.5 Å². The largest absolute Gasteiger partial charge is 0.497 e. The maximum atomic E-state index is 9.00. The zero-order valence-corrected chi connectivity index (χ0v) is 12.2. The average Bonchev–Trinajstić information content (AvgIpc) is 3.02. The molecule has 0 bridgehead atoms. The summed E-state index contributed by atoms with van der Waals surface area (Å²) in [6, 6.07) is 8.03. The summed E-state index contributed by atoms with van der Waals surface area (Å²) in [4.78, 5) is 5.45. The Hall–Kier alpha value is -1.85. The van der Waals surface area contributed by atoms with Crippen molar-refractivity contribution in [3.05, 3.63) is 35.7 Å². The fourth-order valence-corrected chi connectivity index (χ4v) is 3.09. The first kappa shape index (κ1) is 13.1. The number of benzene rings is 1. The van der Waals surface area contributed by atoms with Gasteiger partial charge in [0.2, 0.25) is 5.89 Å². The Labute approximate surface area is 120 Å². The molecule has 0 unspecified atom stereocenters. The zero-order valence-electron chi connectivity index (χ0n) is 11.3. The number of aromatic nitrogens is 1. The molecule has 0 radical (unpaired) electrons. The van der Waals surface area contributed by atoms with Gasteiger partial charge in [-0.1, -0.05) is 0 Å². The van der Waals surface area contributed by atoms with Gasteiger partial charge in [0.05, 0.1) is 17.7 Å². The number of aliphatic hydroxyl groups is 1. The van der Waals surface area contributed by atoms with Crippen molar-refractivity contribution < 1.29 is 14.3 Å². The lowest BCUT2D eigenvalue weighted by atomic mass is 10.2. The van der Waals surface area contributed by atoms with Crippen molar-refractivity contribution in [1.82, 2.24) is 4.98 Å². The van der Waals surface area contributed by atoms with Gasteiger partial charge in [-0.3, -0.25) is 0 Å². The fraction of sp³-hybridized carbons (Fsp3) is 0.267. The lowest BCUT2D eigenvalue weighted by Crippen LogP contribution is -1.92. The van der Waals surface area contributed by atoms with Crippen LogP contribution in [0.15, 0.2) is 28.7 Å². The van der Waals surface area contributed by atoms with Crippen LogP contribution in [0.2, 0.25) is 0 Å². The van der Waals surface area contributed by atoms with Gasteiger partial charge in [-0.05, 0) is 36.6 Å². The van der Waals surface area contributed by atoms with Crippen molar-refractivity contribution >= 4 is 21.4 Å². The molecule has 0 spiro atoms. The molecule has 0 saturated carbocycles. The molecule has 0 saturated heterocycles. The Bertz CT molecular complexity index is 745. The van der Waals surface area contributed by atoms with Gasteiger partial charge in [-0.15, -0.1) is 11.3 Å². The van der Waals surface area contributed by atoms with Crippen LogP contribution in [-0.4, -0.2) is 23.8 Å². The van der Waals surface area contributed by atoms with Crippen LogP contribution in [0.5, 0.6) is 5.75 Å². The van der Waals surface area contributed by atoms with Gasteiger partial charge in [0, 0.05) is 17.7 Å². The van der Waals surface area contributed by atoms with E-state index in [0.29, 0.717) is 12.3 Å². The molecular weight excluding hydrogens is 274 g/mol. The molecule has 4 nitrogen and oxygen atoms in total. The van der Waals surface area contributed by atoms with Crippen LogP contribution in [0, 0.1) is 6.92 Å². The van der Waals surface area contributed by atoms with Crippen LogP contribution in [0.25, 0.3) is 20.9 Å². The zero-order chi connectivity index (χ0) is 14.1. The van der Waals surface area contributed by atoms with Crippen LogP contribution in [0.3, 0.4) is 0 Å². The second kappa shape index (κ2) is 5.26. The van der Waals surface area contributed by atoms with Gasteiger partial charge in [0.25, 0.3) is 0 Å². The van der Waals surface area contributed by atoms with E-state index in [4.69, 9.17) is 14.3 Å². The highest BCUT2D eigenvalue weighted by Gasteiger charge is 2.13. The maximum Gasteiger partial charge on any atom is 0.236 e. The first-order valence-electron chi connectivity index (χ1n) is 6.36. The number of methoxy groups -OCH3 is 1. The van der Waals surface area contributed by atoms with E-state index in [-0.39, 0.29) is 6.61 Å². The summed E-state index contributed by atoms with van der Waals surface area (Å²) in [5.41, 5.74) is 0.817. The van der Waals surface area contributed by atoms with Gasteiger partial charge >= 0.3 is 0 Å². The van der Waals surface area contributed by atoms with E-state index in [2.05, 4.69) is 11.1 Å². The quantitative estimate of drug-likeness (QED) is 0.799. The van der Waals surface area contributed by atoms with E-state index in [1.54, 1.807) is 18.4 Å². The molecule has 104 valence electrons. The molecule has 0 aliphatic heterocycles. The van der Waals surface area contributed by atoms with Crippen LogP contribution >= 0.6 is 11.3 Å². The molecule has 0 aliphatic carbocycles. The van der Waals surface area contributed by atoms with Crippen molar-refractivity contribution in [1.29, 1.82) is 0 Å². The highest BCUT2D eigenvalue weighted by molar-refractivity contribution is 7.22. The number of nitrogens with zero attached hydrogens (tertiary/aromatic N) is 1. The summed E-state index contributed by atoms with van der Waals surface area (Å²) in [7, 11) is 1.66. The molecule has 0 atom stereocenters. The summed E-state index contributed by atoms with van der Waals surface area (Å²) in [6.45, 7) is 1.95. The predicted molar refractivity (Wildman–Crippen MR) is 79.4 cm³/mol. The van der Waals surface area contributed by atoms with Crippen LogP contribution in [-0.2, 0) is 6.42 Å². The highest BCUT2D eigenvalue weighted by Crippen LogP contribution is 2.35. The first-order chi connectivity index (χ1) is 9.71. The predicted octanol–water partition coefficient (Wildman–Crippen LogP) is 3.41. The number of aryl methyl sites for hydroxylation is 1. The van der Waals surface area contributed by atoms with E-state index in [1.807, 2.05) is 25.1 Å². The van der Waals surface area contributed by atoms with Crippen molar-refractivity contribution in [2.75, 3.05) is 13.7 Å². The van der Waals surface area contributed by atoms with E-state index >= 15 is 0 Å². The fourth-order valence-electron chi connectivity index (χ4n) is 2.13. The molecule has 1 aromatic carbocycles. The van der Waals surface area contributed by atoms with Gasteiger partial charge in [-0.2, -0.15) is 0 Å². The summed E-state index contributed by atoms with van der Waals surface area (Å²) in [5.74, 6) is 2.22. The highest BCUT2D eigenvalue weighted by atomic mass is 32.1. The van der Waals surface area contributed by atoms with Crippen LogP contribution < -0.4 is 4.74 Å². The average molecular weight is 289 g/mol. The summed E-state index contributed by atoms with van der Waals surface area (Å²) in [6.07, 6.45) is 0.522. The van der Waals surface area contributed by atoms with Crippen molar-refractivity contribution in [3.8, 4) is 16.5 Å². The maximum absolute atomic E-state index is 9.00. The number of oxazole rings is 1. The molecule has 5 heteroatoms. The van der Waals surface area contributed by atoms with Crippen molar-refractivity contribution in [3.63, 3.8) is 0 Å². The number of hydrogen-bond acceptors (Lipinski definition) is 5. The van der Waals surface area contributed by atoms with Crippen LogP contribution in [0.1, 0.15) is 11.5 Å². The van der Waals surface area contributed by atoms with Gasteiger partial charge in [0.15, 0.2) is 0 Å². The lowest BCUT2D eigenvalue weighted by molar-refractivity contribution is 0.297. The molecule has 3 aromatic rings. The molecule has 1 N–H and O–H groups in total. The van der Waals surface area contributed by atoms with Crippen molar-refractivity contribution in [2.45, 2.75) is 13.3 Å². The molecular formula is C15H15NO3S. The number of aliphatic hydroxyl groups excluding tert-OH is 1. The van der Waals surface area contributed by atoms with Gasteiger partial charge < -0.3 is 14.3 Å². The number of thiophene rings is 1. The Morgan fingerprint density at radius 2 is 2.20 bits per heavy atom. The summed E-state index contributed by atoms with van der Waals surface area (Å²) in [5, 5.41) is 10.1. The monoisotopic (exact) mass is 289 g/mol. The van der Waals surface area contributed by atoms with Crippen molar-refractivity contribution in [2.24, 2.45) is 0 Å². The SMILES string of the molecule is COc1ccc2sc(-c3nc(CCO)c(C)o3)cc2c1. The third-order valence-electron chi connectivity index (χ3n) is 3.18. The second-order valence-corrected chi connectivity index (χ2v) is 5.59. The van der Waals surface area contributed by atoms with E-state index in [9.17, 15) is 0 Å². The summed E-state index contributed by atoms with van der Waals surface area (Å²) < 4.78 is 12.1. The summed E-state index contributed by atoms with van der Waals surface area (Å²) >= 11 is 1.64. The normalized spacial score (nSPS) is 11.2. The number of fused-ring (bicyclic) bond motifs is 1. The molecule has 0 amide bonds. The lowest BCUT2D eigenvalue weighted by Gasteiger charge is -1.97. The Kier molecular flexibility index (Phi) is 3.46. The van der Waals surface area contributed by atoms with Crippen LogP contribution in [0.4, 0.5) is 0 Å². The minimum absolute atomic E-state index is 0.0798. The van der Waals surface area contributed by atoms with Gasteiger partial charge in [-0.25, -0.2) is 4.98 Å². The third-order valence-corrected chi connectivity index (χ3v) is 4.28. The van der Waals surface area contributed by atoms with E-state index in [1.165, 1.54) is 4.70 Å².